The summed E-state index contributed by atoms with van der Waals surface area (Å²) in [6.45, 7) is 7.43. The molecule has 1 aliphatic rings. The number of sulfonamides is 1. The summed E-state index contributed by atoms with van der Waals surface area (Å²) in [5.74, 6) is -0.297. The summed E-state index contributed by atoms with van der Waals surface area (Å²) in [4.78, 5) is 15.2. The smallest absolute Gasteiger partial charge is 0.264 e. The minimum atomic E-state index is -3.86. The van der Waals surface area contributed by atoms with Gasteiger partial charge in [0, 0.05) is 6.54 Å². The lowest BCUT2D eigenvalue weighted by molar-refractivity contribution is -0.119. The largest absolute Gasteiger partial charge is 0.354 e. The molecule has 162 valence electrons. The van der Waals surface area contributed by atoms with Crippen molar-refractivity contribution in [3.05, 3.63) is 59.7 Å². The van der Waals surface area contributed by atoms with E-state index in [0.717, 1.165) is 37.2 Å². The topological polar surface area (TPSA) is 69.7 Å². The first kappa shape index (κ1) is 22.3. The zero-order valence-electron chi connectivity index (χ0n) is 17.8. The number of nitrogens with one attached hydrogen (secondary N) is 1. The first-order valence-electron chi connectivity index (χ1n) is 10.5. The van der Waals surface area contributed by atoms with Gasteiger partial charge in [0.25, 0.3) is 10.0 Å². The van der Waals surface area contributed by atoms with Crippen molar-refractivity contribution in [1.82, 2.24) is 10.2 Å². The van der Waals surface area contributed by atoms with Gasteiger partial charge < -0.3 is 10.2 Å². The van der Waals surface area contributed by atoms with Crippen molar-refractivity contribution < 1.29 is 13.2 Å². The van der Waals surface area contributed by atoms with E-state index in [1.165, 1.54) is 17.1 Å². The van der Waals surface area contributed by atoms with Gasteiger partial charge in [-0.15, -0.1) is 0 Å². The highest BCUT2D eigenvalue weighted by Gasteiger charge is 2.27. The monoisotopic (exact) mass is 429 g/mol. The van der Waals surface area contributed by atoms with Crippen LogP contribution >= 0.6 is 0 Å². The average Bonchev–Trinajstić information content (AvgIpc) is 3.26. The molecular formula is C23H31N3O3S. The van der Waals surface area contributed by atoms with E-state index in [1.54, 1.807) is 36.4 Å². The quantitative estimate of drug-likeness (QED) is 0.622. The van der Waals surface area contributed by atoms with Crippen LogP contribution in [0.25, 0.3) is 0 Å². The summed E-state index contributed by atoms with van der Waals surface area (Å²) in [6, 6.07) is 13.7. The van der Waals surface area contributed by atoms with Crippen LogP contribution in [-0.4, -0.2) is 51.9 Å². The zero-order chi connectivity index (χ0) is 21.6. The van der Waals surface area contributed by atoms with Crippen molar-refractivity contribution >= 4 is 21.6 Å². The molecule has 0 aromatic heterocycles. The summed E-state index contributed by atoms with van der Waals surface area (Å²) in [5, 5.41) is 2.88. The molecule has 0 atom stereocenters. The SMILES string of the molecule is Cc1ccc(N(CC(=O)NCCCN2CCCC2)S(=O)(=O)c2ccccc2)cc1C. The van der Waals surface area contributed by atoms with Crippen LogP contribution in [0.4, 0.5) is 5.69 Å². The molecule has 0 bridgehead atoms. The van der Waals surface area contributed by atoms with Gasteiger partial charge in [0.2, 0.25) is 5.91 Å². The molecule has 1 aliphatic heterocycles. The molecule has 0 aliphatic carbocycles. The van der Waals surface area contributed by atoms with Gasteiger partial charge in [0.05, 0.1) is 10.6 Å². The Morgan fingerprint density at radius 3 is 2.40 bits per heavy atom. The Morgan fingerprint density at radius 1 is 1.03 bits per heavy atom. The van der Waals surface area contributed by atoms with Crippen molar-refractivity contribution in [2.24, 2.45) is 0 Å². The van der Waals surface area contributed by atoms with Crippen molar-refractivity contribution in [1.29, 1.82) is 0 Å². The maximum atomic E-state index is 13.3. The number of hydrogen-bond donors (Lipinski definition) is 1. The summed E-state index contributed by atoms with van der Waals surface area (Å²) in [7, 11) is -3.86. The molecule has 1 amide bonds. The fourth-order valence-corrected chi connectivity index (χ4v) is 5.07. The molecule has 1 N–H and O–H groups in total. The van der Waals surface area contributed by atoms with Gasteiger partial charge in [-0.3, -0.25) is 9.10 Å². The van der Waals surface area contributed by atoms with E-state index in [0.29, 0.717) is 12.2 Å². The van der Waals surface area contributed by atoms with Gasteiger partial charge in [-0.2, -0.15) is 0 Å². The Bertz CT molecular complexity index is 955. The third-order valence-electron chi connectivity index (χ3n) is 5.57. The summed E-state index contributed by atoms with van der Waals surface area (Å²) in [6.07, 6.45) is 3.35. The normalized spacial score (nSPS) is 14.6. The minimum Gasteiger partial charge on any atom is -0.354 e. The molecule has 2 aromatic rings. The van der Waals surface area contributed by atoms with Crippen LogP contribution in [0.2, 0.25) is 0 Å². The van der Waals surface area contributed by atoms with Gasteiger partial charge in [-0.25, -0.2) is 8.42 Å². The van der Waals surface area contributed by atoms with Gasteiger partial charge in [-0.05, 0) is 88.1 Å². The number of benzene rings is 2. The van der Waals surface area contributed by atoms with Crippen LogP contribution in [0.15, 0.2) is 53.4 Å². The predicted octanol–water partition coefficient (Wildman–Crippen LogP) is 3.10. The summed E-state index contributed by atoms with van der Waals surface area (Å²) in [5.41, 5.74) is 2.54. The number of anilines is 1. The molecule has 1 saturated heterocycles. The highest BCUT2D eigenvalue weighted by molar-refractivity contribution is 7.92. The van der Waals surface area contributed by atoms with Crippen molar-refractivity contribution in [3.8, 4) is 0 Å². The lowest BCUT2D eigenvalue weighted by Crippen LogP contribution is -2.41. The van der Waals surface area contributed by atoms with Gasteiger partial charge in [0.1, 0.15) is 6.54 Å². The Hall–Kier alpha value is -2.38. The Labute approximate surface area is 179 Å². The lowest BCUT2D eigenvalue weighted by atomic mass is 10.1. The molecule has 2 aromatic carbocycles. The second kappa shape index (κ2) is 10.1. The van der Waals surface area contributed by atoms with E-state index in [9.17, 15) is 13.2 Å². The Morgan fingerprint density at radius 2 is 1.73 bits per heavy atom. The Kier molecular flexibility index (Phi) is 7.50. The van der Waals surface area contributed by atoms with E-state index in [2.05, 4.69) is 10.2 Å². The number of likely N-dealkylation sites (tertiary alicyclic amines) is 1. The van der Waals surface area contributed by atoms with E-state index < -0.39 is 10.0 Å². The number of nitrogens with zero attached hydrogens (tertiary/aromatic N) is 2. The molecule has 1 heterocycles. The molecule has 1 fully saturated rings. The van der Waals surface area contributed by atoms with Crippen LogP contribution in [0, 0.1) is 13.8 Å². The maximum absolute atomic E-state index is 13.3. The summed E-state index contributed by atoms with van der Waals surface area (Å²) >= 11 is 0. The standard InChI is InChI=1S/C23H31N3O3S/c1-19-11-12-21(17-20(19)2)26(30(28,29)22-9-4-3-5-10-22)18-23(27)24-13-8-16-25-14-6-7-15-25/h3-5,9-12,17H,6-8,13-16,18H2,1-2H3,(H,24,27). The third-order valence-corrected chi connectivity index (χ3v) is 7.36. The molecule has 30 heavy (non-hydrogen) atoms. The van der Waals surface area contributed by atoms with Crippen LogP contribution in [0.3, 0.4) is 0 Å². The van der Waals surface area contributed by atoms with Gasteiger partial charge >= 0.3 is 0 Å². The average molecular weight is 430 g/mol. The maximum Gasteiger partial charge on any atom is 0.264 e. The molecule has 0 radical (unpaired) electrons. The molecule has 0 spiro atoms. The highest BCUT2D eigenvalue weighted by Crippen LogP contribution is 2.25. The van der Waals surface area contributed by atoms with Crippen molar-refractivity contribution in [2.45, 2.75) is 38.0 Å². The van der Waals surface area contributed by atoms with Gasteiger partial charge in [-0.1, -0.05) is 24.3 Å². The van der Waals surface area contributed by atoms with Crippen LogP contribution in [0.5, 0.6) is 0 Å². The fourth-order valence-electron chi connectivity index (χ4n) is 3.64. The molecule has 0 saturated carbocycles. The van der Waals surface area contributed by atoms with Gasteiger partial charge in [0.15, 0.2) is 0 Å². The Balaban J connectivity index is 1.72. The summed E-state index contributed by atoms with van der Waals surface area (Å²) < 4.78 is 27.8. The fraction of sp³-hybridized carbons (Fsp3) is 0.435. The van der Waals surface area contributed by atoms with E-state index in [4.69, 9.17) is 0 Å². The van der Waals surface area contributed by atoms with E-state index >= 15 is 0 Å². The molecule has 6 nitrogen and oxygen atoms in total. The first-order valence-corrected chi connectivity index (χ1v) is 12.0. The number of carbonyl (C=O) groups excluding carboxylic acids is 1. The molecule has 7 heteroatoms. The zero-order valence-corrected chi connectivity index (χ0v) is 18.6. The predicted molar refractivity (Wildman–Crippen MR) is 120 cm³/mol. The number of hydrogen-bond acceptors (Lipinski definition) is 4. The number of rotatable bonds is 9. The van der Waals surface area contributed by atoms with Crippen LogP contribution in [-0.2, 0) is 14.8 Å². The molecule has 3 rings (SSSR count). The van der Waals surface area contributed by atoms with Crippen molar-refractivity contribution in [3.63, 3.8) is 0 Å². The third kappa shape index (κ3) is 5.61. The molecular weight excluding hydrogens is 398 g/mol. The lowest BCUT2D eigenvalue weighted by Gasteiger charge is -2.25. The number of aryl methyl sites for hydroxylation is 2. The van der Waals surface area contributed by atoms with E-state index in [1.807, 2.05) is 26.0 Å². The van der Waals surface area contributed by atoms with Crippen LogP contribution in [0.1, 0.15) is 30.4 Å². The minimum absolute atomic E-state index is 0.171. The van der Waals surface area contributed by atoms with Crippen LogP contribution < -0.4 is 9.62 Å². The second-order valence-electron chi connectivity index (χ2n) is 7.85. The first-order chi connectivity index (χ1) is 14.4. The number of carbonyl (C=O) groups is 1. The molecule has 0 unspecified atom stereocenters. The number of amides is 1. The van der Waals surface area contributed by atoms with E-state index in [-0.39, 0.29) is 17.3 Å². The highest BCUT2D eigenvalue weighted by atomic mass is 32.2. The van der Waals surface area contributed by atoms with Crippen molar-refractivity contribution in [2.75, 3.05) is 37.0 Å². The second-order valence-corrected chi connectivity index (χ2v) is 9.71.